The van der Waals surface area contributed by atoms with Crippen LogP contribution in [0.1, 0.15) is 5.56 Å². The van der Waals surface area contributed by atoms with Crippen molar-refractivity contribution >= 4 is 10.0 Å². The highest BCUT2D eigenvalue weighted by Crippen LogP contribution is 2.26. The summed E-state index contributed by atoms with van der Waals surface area (Å²) in [7, 11) is 1.18. The Balaban J connectivity index is 2.29. The smallest absolute Gasteiger partial charge is 0.246 e. The molecule has 0 aliphatic rings. The number of nitrogens with zero attached hydrogens (tertiary/aromatic N) is 3. The Morgan fingerprint density at radius 3 is 2.65 bits per heavy atom. The molecule has 0 aliphatic heterocycles. The lowest BCUT2D eigenvalue weighted by atomic mass is 10.3. The Morgan fingerprint density at radius 2 is 2.05 bits per heavy atom. The second kappa shape index (κ2) is 5.64. The van der Waals surface area contributed by atoms with Gasteiger partial charge in [-0.2, -0.15) is 9.40 Å². The van der Waals surface area contributed by atoms with Crippen LogP contribution >= 0.6 is 0 Å². The number of methoxy groups -OCH3 is 1. The van der Waals surface area contributed by atoms with Crippen molar-refractivity contribution in [2.75, 3.05) is 14.2 Å². The Labute approximate surface area is 118 Å². The van der Waals surface area contributed by atoms with Gasteiger partial charge in [0.05, 0.1) is 13.3 Å². The highest BCUT2D eigenvalue weighted by atomic mass is 32.2. The number of benzene rings is 1. The van der Waals surface area contributed by atoms with Crippen LogP contribution in [-0.4, -0.2) is 36.7 Å². The van der Waals surface area contributed by atoms with Crippen molar-refractivity contribution in [3.05, 3.63) is 42.2 Å². The van der Waals surface area contributed by atoms with Crippen LogP contribution in [0.5, 0.6) is 5.75 Å². The largest absolute Gasteiger partial charge is 0.495 e. The molecule has 7 heteroatoms. The summed E-state index contributed by atoms with van der Waals surface area (Å²) in [5, 5.41) is 4.03. The predicted octanol–water partition coefficient (Wildman–Crippen LogP) is 1.25. The minimum Gasteiger partial charge on any atom is -0.495 e. The maximum atomic E-state index is 12.5. The monoisotopic (exact) mass is 295 g/mol. The van der Waals surface area contributed by atoms with Crippen LogP contribution in [-0.2, 0) is 23.6 Å². The molecule has 108 valence electrons. The molecule has 0 N–H and O–H groups in total. The minimum absolute atomic E-state index is 0.161. The third-order valence-electron chi connectivity index (χ3n) is 2.92. The zero-order chi connectivity index (χ0) is 14.8. The first-order valence-electron chi connectivity index (χ1n) is 6.02. The molecule has 0 saturated heterocycles. The van der Waals surface area contributed by atoms with Crippen molar-refractivity contribution in [1.29, 1.82) is 0 Å². The van der Waals surface area contributed by atoms with Crippen LogP contribution in [0.4, 0.5) is 0 Å². The number of sulfonamides is 1. The third-order valence-corrected chi connectivity index (χ3v) is 4.76. The average Bonchev–Trinajstić information content (AvgIpc) is 2.84. The lowest BCUT2D eigenvalue weighted by Crippen LogP contribution is -2.26. The van der Waals surface area contributed by atoms with Gasteiger partial charge in [-0.05, 0) is 12.1 Å². The van der Waals surface area contributed by atoms with Crippen LogP contribution in [0.25, 0.3) is 0 Å². The first-order chi connectivity index (χ1) is 9.45. The molecule has 0 radical (unpaired) electrons. The van der Waals surface area contributed by atoms with Gasteiger partial charge in [-0.3, -0.25) is 4.68 Å². The molecule has 0 amide bonds. The maximum Gasteiger partial charge on any atom is 0.246 e. The highest BCUT2D eigenvalue weighted by molar-refractivity contribution is 7.89. The Bertz CT molecular complexity index is 694. The van der Waals surface area contributed by atoms with Gasteiger partial charge in [-0.1, -0.05) is 12.1 Å². The van der Waals surface area contributed by atoms with Crippen LogP contribution in [0.3, 0.4) is 0 Å². The molecule has 0 atom stereocenters. The van der Waals surface area contributed by atoms with Crippen LogP contribution < -0.4 is 4.74 Å². The molecule has 1 aromatic carbocycles. The number of hydrogen-bond acceptors (Lipinski definition) is 4. The second-order valence-electron chi connectivity index (χ2n) is 4.43. The van der Waals surface area contributed by atoms with Gasteiger partial charge in [0.1, 0.15) is 10.6 Å². The van der Waals surface area contributed by atoms with Crippen molar-refractivity contribution in [2.45, 2.75) is 11.4 Å². The molecule has 0 saturated carbocycles. The molecule has 0 bridgehead atoms. The first kappa shape index (κ1) is 14.5. The lowest BCUT2D eigenvalue weighted by molar-refractivity contribution is 0.397. The van der Waals surface area contributed by atoms with Crippen molar-refractivity contribution in [2.24, 2.45) is 7.05 Å². The van der Waals surface area contributed by atoms with Gasteiger partial charge in [0, 0.05) is 32.4 Å². The van der Waals surface area contributed by atoms with Gasteiger partial charge in [0.15, 0.2) is 0 Å². The zero-order valence-corrected chi connectivity index (χ0v) is 12.5. The van der Waals surface area contributed by atoms with E-state index in [1.807, 2.05) is 0 Å². The normalized spacial score (nSPS) is 11.8. The molecule has 6 nitrogen and oxygen atoms in total. The van der Waals surface area contributed by atoms with E-state index in [1.165, 1.54) is 24.5 Å². The van der Waals surface area contributed by atoms with E-state index >= 15 is 0 Å². The fourth-order valence-corrected chi connectivity index (χ4v) is 3.21. The average molecular weight is 295 g/mol. The number of aromatic nitrogens is 2. The van der Waals surface area contributed by atoms with E-state index in [0.717, 1.165) is 5.56 Å². The molecular weight excluding hydrogens is 278 g/mol. The molecule has 0 aliphatic carbocycles. The topological polar surface area (TPSA) is 64.4 Å². The summed E-state index contributed by atoms with van der Waals surface area (Å²) in [5.41, 5.74) is 0.827. The maximum absolute atomic E-state index is 12.5. The molecule has 1 heterocycles. The number of aryl methyl sites for hydroxylation is 1. The van der Waals surface area contributed by atoms with E-state index in [0.29, 0.717) is 5.75 Å². The molecule has 2 rings (SSSR count). The summed E-state index contributed by atoms with van der Waals surface area (Å²) >= 11 is 0. The van der Waals surface area contributed by atoms with Gasteiger partial charge in [-0.15, -0.1) is 0 Å². The fraction of sp³-hybridized carbons (Fsp3) is 0.308. The van der Waals surface area contributed by atoms with Crippen molar-refractivity contribution < 1.29 is 13.2 Å². The second-order valence-corrected chi connectivity index (χ2v) is 6.45. The SMILES string of the molecule is COc1ccccc1S(=O)(=O)N(C)Cc1cnn(C)c1. The van der Waals surface area contributed by atoms with Crippen molar-refractivity contribution in [3.8, 4) is 5.75 Å². The number of para-hydroxylation sites is 1. The Kier molecular flexibility index (Phi) is 4.10. The lowest BCUT2D eigenvalue weighted by Gasteiger charge is -2.18. The van der Waals surface area contributed by atoms with Gasteiger partial charge in [0.2, 0.25) is 10.0 Å². The van der Waals surface area contributed by atoms with Crippen molar-refractivity contribution in [1.82, 2.24) is 14.1 Å². The van der Waals surface area contributed by atoms with Crippen LogP contribution in [0.15, 0.2) is 41.6 Å². The van der Waals surface area contributed by atoms with Gasteiger partial charge in [0.25, 0.3) is 0 Å². The number of ether oxygens (including phenoxy) is 1. The fourth-order valence-electron chi connectivity index (χ4n) is 1.90. The highest BCUT2D eigenvalue weighted by Gasteiger charge is 2.24. The predicted molar refractivity (Wildman–Crippen MR) is 74.9 cm³/mol. The van der Waals surface area contributed by atoms with Gasteiger partial charge >= 0.3 is 0 Å². The summed E-state index contributed by atoms with van der Waals surface area (Å²) in [6.45, 7) is 0.258. The quantitative estimate of drug-likeness (QED) is 0.833. The molecule has 20 heavy (non-hydrogen) atoms. The van der Waals surface area contributed by atoms with E-state index < -0.39 is 10.0 Å². The summed E-state index contributed by atoms with van der Waals surface area (Å²) in [4.78, 5) is 0.161. The molecular formula is C13H17N3O3S. The molecule has 0 unspecified atom stereocenters. The van der Waals surface area contributed by atoms with E-state index in [4.69, 9.17) is 4.74 Å². The zero-order valence-electron chi connectivity index (χ0n) is 11.6. The van der Waals surface area contributed by atoms with E-state index in [-0.39, 0.29) is 11.4 Å². The van der Waals surface area contributed by atoms with Crippen molar-refractivity contribution in [3.63, 3.8) is 0 Å². The first-order valence-corrected chi connectivity index (χ1v) is 7.46. The van der Waals surface area contributed by atoms with E-state index in [9.17, 15) is 8.42 Å². The minimum atomic E-state index is -3.60. The summed E-state index contributed by atoms with van der Waals surface area (Å²) < 4.78 is 33.1. The standard InChI is InChI=1S/C13H17N3O3S/c1-15-9-11(8-14-15)10-16(2)20(17,18)13-7-5-4-6-12(13)19-3/h4-9H,10H2,1-3H3. The number of rotatable bonds is 5. The Morgan fingerprint density at radius 1 is 1.35 bits per heavy atom. The molecule has 1 aromatic heterocycles. The molecule has 0 spiro atoms. The van der Waals surface area contributed by atoms with Gasteiger partial charge in [-0.25, -0.2) is 8.42 Å². The van der Waals surface area contributed by atoms with E-state index in [2.05, 4.69) is 5.10 Å². The summed E-state index contributed by atoms with van der Waals surface area (Å²) in [6.07, 6.45) is 3.43. The van der Waals surface area contributed by atoms with Gasteiger partial charge < -0.3 is 4.74 Å². The summed E-state index contributed by atoms with van der Waals surface area (Å²) in [6, 6.07) is 6.57. The third kappa shape index (κ3) is 2.83. The number of hydrogen-bond donors (Lipinski definition) is 0. The van der Waals surface area contributed by atoms with Crippen LogP contribution in [0.2, 0.25) is 0 Å². The molecule has 2 aromatic rings. The van der Waals surface area contributed by atoms with Crippen LogP contribution in [0, 0.1) is 0 Å². The summed E-state index contributed by atoms with van der Waals surface area (Å²) in [5.74, 6) is 0.338. The van der Waals surface area contributed by atoms with E-state index in [1.54, 1.807) is 42.3 Å². The molecule has 0 fully saturated rings. The Hall–Kier alpha value is -1.86.